The van der Waals surface area contributed by atoms with Gasteiger partial charge in [0.1, 0.15) is 11.6 Å². The van der Waals surface area contributed by atoms with E-state index in [1.54, 1.807) is 20.8 Å². The largest absolute Gasteiger partial charge is 0.458 e. The summed E-state index contributed by atoms with van der Waals surface area (Å²) < 4.78 is 10.6. The molecule has 2 N–H and O–H groups in total. The quantitative estimate of drug-likeness (QED) is 0.763. The molecule has 0 aromatic rings. The monoisotopic (exact) mass is 315 g/mol. The van der Waals surface area contributed by atoms with Crippen molar-refractivity contribution in [1.82, 2.24) is 5.32 Å². The summed E-state index contributed by atoms with van der Waals surface area (Å²) in [5.41, 5.74) is -0.845. The first-order chi connectivity index (χ1) is 9.89. The number of aliphatic hydroxyl groups excluding tert-OH is 1. The van der Waals surface area contributed by atoms with Crippen LogP contribution in [-0.4, -0.2) is 47.9 Å². The lowest BCUT2D eigenvalue weighted by molar-refractivity contribution is -0.161. The molecule has 128 valence electrons. The number of amides is 1. The molecule has 1 aliphatic heterocycles. The zero-order valence-electron chi connectivity index (χ0n) is 14.4. The maximum absolute atomic E-state index is 12.4. The van der Waals surface area contributed by atoms with Crippen LogP contribution < -0.4 is 5.32 Å². The predicted octanol–water partition coefficient (Wildman–Crippen LogP) is 1.26. The standard InChI is InChI=1S/C16H29NO5/c1-15(2,3)7-12(19)17-13(10-8-21-9-11(10)18)14(20)22-16(4,5)6/h10-11,13,18H,7-9H2,1-6H3,(H,17,19)/t10-,11-,13+/m1/s1. The summed E-state index contributed by atoms with van der Waals surface area (Å²) in [5, 5.41) is 12.7. The molecule has 0 bridgehead atoms. The highest BCUT2D eigenvalue weighted by atomic mass is 16.6. The third-order valence-corrected chi connectivity index (χ3v) is 3.19. The molecule has 1 rings (SSSR count). The Labute approximate surface area is 132 Å². The number of hydrogen-bond donors (Lipinski definition) is 2. The van der Waals surface area contributed by atoms with Gasteiger partial charge in [-0.2, -0.15) is 0 Å². The van der Waals surface area contributed by atoms with Crippen LogP contribution in [-0.2, 0) is 19.1 Å². The lowest BCUT2D eigenvalue weighted by Crippen LogP contribution is -2.52. The molecule has 0 unspecified atom stereocenters. The number of esters is 1. The van der Waals surface area contributed by atoms with Gasteiger partial charge in [0.15, 0.2) is 0 Å². The van der Waals surface area contributed by atoms with Crippen molar-refractivity contribution in [2.45, 2.75) is 65.7 Å². The molecule has 6 heteroatoms. The molecular weight excluding hydrogens is 286 g/mol. The van der Waals surface area contributed by atoms with Crippen LogP contribution in [0.4, 0.5) is 0 Å². The Kier molecular flexibility index (Phi) is 5.98. The zero-order chi connectivity index (χ0) is 17.1. The number of hydrogen-bond acceptors (Lipinski definition) is 5. The normalized spacial score (nSPS) is 24.0. The van der Waals surface area contributed by atoms with Crippen molar-refractivity contribution in [3.8, 4) is 0 Å². The van der Waals surface area contributed by atoms with Gasteiger partial charge >= 0.3 is 5.97 Å². The Morgan fingerprint density at radius 3 is 2.23 bits per heavy atom. The van der Waals surface area contributed by atoms with E-state index in [0.717, 1.165) is 0 Å². The van der Waals surface area contributed by atoms with Crippen LogP contribution in [0.15, 0.2) is 0 Å². The molecule has 22 heavy (non-hydrogen) atoms. The second kappa shape index (κ2) is 6.96. The Morgan fingerprint density at radius 2 is 1.82 bits per heavy atom. The van der Waals surface area contributed by atoms with Crippen LogP contribution in [0.2, 0.25) is 0 Å². The summed E-state index contributed by atoms with van der Waals surface area (Å²) in [5.74, 6) is -1.26. The van der Waals surface area contributed by atoms with E-state index >= 15 is 0 Å². The molecule has 0 aliphatic carbocycles. The maximum atomic E-state index is 12.4. The van der Waals surface area contributed by atoms with Gasteiger partial charge in [0.2, 0.25) is 5.91 Å². The zero-order valence-corrected chi connectivity index (χ0v) is 14.4. The molecule has 6 nitrogen and oxygen atoms in total. The first kappa shape index (κ1) is 18.9. The summed E-state index contributed by atoms with van der Waals surface area (Å²) in [6.45, 7) is 11.5. The molecule has 0 aromatic carbocycles. The third kappa shape index (κ3) is 6.32. The van der Waals surface area contributed by atoms with Crippen LogP contribution in [0.5, 0.6) is 0 Å². The number of aliphatic hydroxyl groups is 1. The second-order valence-electron chi connectivity index (χ2n) is 8.08. The van der Waals surface area contributed by atoms with Gasteiger partial charge in [-0.1, -0.05) is 20.8 Å². The highest BCUT2D eigenvalue weighted by Gasteiger charge is 2.41. The van der Waals surface area contributed by atoms with Gasteiger partial charge in [-0.3, -0.25) is 4.79 Å². The van der Waals surface area contributed by atoms with E-state index in [4.69, 9.17) is 9.47 Å². The van der Waals surface area contributed by atoms with Gasteiger partial charge in [-0.15, -0.1) is 0 Å². The van der Waals surface area contributed by atoms with Gasteiger partial charge in [-0.25, -0.2) is 4.79 Å². The summed E-state index contributed by atoms with van der Waals surface area (Å²) in [6.07, 6.45) is -0.497. The lowest BCUT2D eigenvalue weighted by atomic mass is 9.90. The third-order valence-electron chi connectivity index (χ3n) is 3.19. The number of rotatable bonds is 4. The molecule has 3 atom stereocenters. The Bertz CT molecular complexity index is 408. The molecule has 0 radical (unpaired) electrons. The molecule has 1 saturated heterocycles. The number of nitrogens with one attached hydrogen (secondary N) is 1. The Morgan fingerprint density at radius 1 is 1.23 bits per heavy atom. The van der Waals surface area contributed by atoms with Crippen LogP contribution >= 0.6 is 0 Å². The van der Waals surface area contributed by atoms with Crippen LogP contribution in [0, 0.1) is 11.3 Å². The Balaban J connectivity index is 2.82. The fourth-order valence-corrected chi connectivity index (χ4v) is 2.29. The minimum Gasteiger partial charge on any atom is -0.458 e. The van der Waals surface area contributed by atoms with Gasteiger partial charge in [-0.05, 0) is 26.2 Å². The predicted molar refractivity (Wildman–Crippen MR) is 82.2 cm³/mol. The van der Waals surface area contributed by atoms with Gasteiger partial charge in [0.25, 0.3) is 0 Å². The molecular formula is C16H29NO5. The molecule has 0 aromatic heterocycles. The Hall–Kier alpha value is -1.14. The van der Waals surface area contributed by atoms with Crippen molar-refractivity contribution in [3.63, 3.8) is 0 Å². The van der Waals surface area contributed by atoms with E-state index < -0.39 is 29.6 Å². The molecule has 1 heterocycles. The van der Waals surface area contributed by atoms with E-state index in [1.165, 1.54) is 0 Å². The van der Waals surface area contributed by atoms with Crippen molar-refractivity contribution in [3.05, 3.63) is 0 Å². The molecule has 1 amide bonds. The smallest absolute Gasteiger partial charge is 0.329 e. The minimum atomic E-state index is -0.897. The summed E-state index contributed by atoms with van der Waals surface area (Å²) in [7, 11) is 0. The highest BCUT2D eigenvalue weighted by molar-refractivity contribution is 5.85. The van der Waals surface area contributed by atoms with E-state index in [-0.39, 0.29) is 31.0 Å². The minimum absolute atomic E-state index is 0.166. The van der Waals surface area contributed by atoms with Crippen LogP contribution in [0.25, 0.3) is 0 Å². The first-order valence-electron chi connectivity index (χ1n) is 7.67. The fraction of sp³-hybridized carbons (Fsp3) is 0.875. The SMILES string of the molecule is CC(C)(C)CC(=O)N[C@H](C(=O)OC(C)(C)C)[C@@H]1COC[C@H]1O. The number of carbonyl (C=O) groups excluding carboxylic acids is 2. The van der Waals surface area contributed by atoms with Crippen molar-refractivity contribution in [2.24, 2.45) is 11.3 Å². The fourth-order valence-electron chi connectivity index (χ4n) is 2.29. The molecule has 1 fully saturated rings. The van der Waals surface area contributed by atoms with E-state index in [9.17, 15) is 14.7 Å². The van der Waals surface area contributed by atoms with Gasteiger partial charge in [0.05, 0.1) is 19.3 Å². The van der Waals surface area contributed by atoms with Gasteiger partial charge < -0.3 is 19.9 Å². The summed E-state index contributed by atoms with van der Waals surface area (Å²) in [4.78, 5) is 24.6. The van der Waals surface area contributed by atoms with E-state index in [0.29, 0.717) is 0 Å². The van der Waals surface area contributed by atoms with Crippen molar-refractivity contribution in [1.29, 1.82) is 0 Å². The van der Waals surface area contributed by atoms with Gasteiger partial charge in [0, 0.05) is 12.3 Å². The van der Waals surface area contributed by atoms with Crippen molar-refractivity contribution >= 4 is 11.9 Å². The van der Waals surface area contributed by atoms with Crippen LogP contribution in [0.1, 0.15) is 48.0 Å². The topological polar surface area (TPSA) is 84.9 Å². The van der Waals surface area contributed by atoms with Crippen LogP contribution in [0.3, 0.4) is 0 Å². The average molecular weight is 315 g/mol. The first-order valence-corrected chi connectivity index (χ1v) is 7.67. The maximum Gasteiger partial charge on any atom is 0.329 e. The number of ether oxygens (including phenoxy) is 2. The van der Waals surface area contributed by atoms with E-state index in [2.05, 4.69) is 5.32 Å². The summed E-state index contributed by atoms with van der Waals surface area (Å²) >= 11 is 0. The number of carbonyl (C=O) groups is 2. The second-order valence-corrected chi connectivity index (χ2v) is 8.08. The van der Waals surface area contributed by atoms with E-state index in [1.807, 2.05) is 20.8 Å². The lowest BCUT2D eigenvalue weighted by Gasteiger charge is -2.29. The summed E-state index contributed by atoms with van der Waals surface area (Å²) in [6, 6.07) is -0.897. The highest BCUT2D eigenvalue weighted by Crippen LogP contribution is 2.23. The molecule has 1 aliphatic rings. The van der Waals surface area contributed by atoms with Crippen molar-refractivity contribution in [2.75, 3.05) is 13.2 Å². The average Bonchev–Trinajstić information content (AvgIpc) is 2.67. The molecule has 0 saturated carbocycles. The molecule has 0 spiro atoms. The van der Waals surface area contributed by atoms with Crippen molar-refractivity contribution < 1.29 is 24.2 Å².